The average molecular weight is 325 g/mol. The standard InChI is InChI=1S/C17H31N3O3/c1-8-13(14-11(4)20-23-12(14)5)19-16(22)18-9-17(6,7)15(21)10(2)3/h10,13,15,21H,8-9H2,1-7H3,(H2,18,19,22). The number of urea groups is 1. The van der Waals surface area contributed by atoms with E-state index in [1.165, 1.54) is 0 Å². The Kier molecular flexibility index (Phi) is 6.62. The fourth-order valence-corrected chi connectivity index (χ4v) is 2.89. The summed E-state index contributed by atoms with van der Waals surface area (Å²) >= 11 is 0. The Morgan fingerprint density at radius 2 is 1.96 bits per heavy atom. The van der Waals surface area contributed by atoms with Gasteiger partial charge in [-0.25, -0.2) is 4.79 Å². The number of hydrogen-bond acceptors (Lipinski definition) is 4. The van der Waals surface area contributed by atoms with Crippen LogP contribution in [0.3, 0.4) is 0 Å². The van der Waals surface area contributed by atoms with Gasteiger partial charge in [0.25, 0.3) is 0 Å². The molecule has 1 rings (SSSR count). The molecule has 1 aromatic rings. The van der Waals surface area contributed by atoms with Gasteiger partial charge in [0, 0.05) is 17.5 Å². The molecule has 3 N–H and O–H groups in total. The fourth-order valence-electron chi connectivity index (χ4n) is 2.89. The number of amides is 2. The summed E-state index contributed by atoms with van der Waals surface area (Å²) in [6.45, 7) is 14.0. The molecule has 6 heteroatoms. The van der Waals surface area contributed by atoms with Gasteiger partial charge >= 0.3 is 6.03 Å². The first-order valence-corrected chi connectivity index (χ1v) is 8.25. The maximum Gasteiger partial charge on any atom is 0.315 e. The van der Waals surface area contributed by atoms with Crippen molar-refractivity contribution in [1.29, 1.82) is 0 Å². The van der Waals surface area contributed by atoms with Crippen LogP contribution in [0.25, 0.3) is 0 Å². The molecule has 0 radical (unpaired) electrons. The number of aliphatic hydroxyl groups excluding tert-OH is 1. The molecule has 0 aliphatic carbocycles. The minimum Gasteiger partial charge on any atom is -0.392 e. The normalized spacial score (nSPS) is 14.7. The molecule has 0 saturated heterocycles. The van der Waals surface area contributed by atoms with E-state index in [0.717, 1.165) is 23.4 Å². The first kappa shape index (κ1) is 19.5. The van der Waals surface area contributed by atoms with E-state index >= 15 is 0 Å². The third-order valence-electron chi connectivity index (χ3n) is 4.29. The Bertz CT molecular complexity index is 504. The molecule has 6 nitrogen and oxygen atoms in total. The highest BCUT2D eigenvalue weighted by molar-refractivity contribution is 5.74. The topological polar surface area (TPSA) is 87.4 Å². The smallest absolute Gasteiger partial charge is 0.315 e. The van der Waals surface area contributed by atoms with Crippen LogP contribution in [0, 0.1) is 25.2 Å². The molecule has 0 aliphatic rings. The van der Waals surface area contributed by atoms with E-state index < -0.39 is 11.5 Å². The molecular formula is C17H31N3O3. The van der Waals surface area contributed by atoms with Gasteiger partial charge in [-0.1, -0.05) is 39.8 Å². The lowest BCUT2D eigenvalue weighted by molar-refractivity contribution is 0.0151. The lowest BCUT2D eigenvalue weighted by Gasteiger charge is -2.33. The summed E-state index contributed by atoms with van der Waals surface area (Å²) in [5, 5.41) is 20.0. The second-order valence-corrected chi connectivity index (χ2v) is 7.20. The number of rotatable bonds is 7. The number of nitrogens with one attached hydrogen (secondary N) is 2. The van der Waals surface area contributed by atoms with Gasteiger partial charge in [-0.3, -0.25) is 0 Å². The molecule has 0 aromatic carbocycles. The SMILES string of the molecule is CCC(NC(=O)NCC(C)(C)C(O)C(C)C)c1c(C)noc1C. The Labute approximate surface area is 139 Å². The zero-order valence-corrected chi connectivity index (χ0v) is 15.4. The van der Waals surface area contributed by atoms with Crippen LogP contribution in [0.2, 0.25) is 0 Å². The Hall–Kier alpha value is -1.56. The highest BCUT2D eigenvalue weighted by Gasteiger charge is 2.31. The van der Waals surface area contributed by atoms with Crippen molar-refractivity contribution in [2.45, 2.75) is 67.0 Å². The highest BCUT2D eigenvalue weighted by Crippen LogP contribution is 2.26. The maximum atomic E-state index is 12.2. The van der Waals surface area contributed by atoms with Gasteiger partial charge in [0.15, 0.2) is 0 Å². The second kappa shape index (κ2) is 7.81. The van der Waals surface area contributed by atoms with Crippen molar-refractivity contribution in [2.75, 3.05) is 6.54 Å². The number of aliphatic hydroxyl groups is 1. The number of aryl methyl sites for hydroxylation is 2. The van der Waals surface area contributed by atoms with Gasteiger partial charge in [-0.15, -0.1) is 0 Å². The van der Waals surface area contributed by atoms with Crippen LogP contribution in [-0.2, 0) is 0 Å². The number of carbonyl (C=O) groups is 1. The molecule has 23 heavy (non-hydrogen) atoms. The van der Waals surface area contributed by atoms with Crippen LogP contribution in [0.15, 0.2) is 4.52 Å². The van der Waals surface area contributed by atoms with Crippen LogP contribution in [0.4, 0.5) is 4.79 Å². The molecule has 0 bridgehead atoms. The van der Waals surface area contributed by atoms with Gasteiger partial charge in [0.1, 0.15) is 5.76 Å². The summed E-state index contributed by atoms with van der Waals surface area (Å²) in [6, 6.07) is -0.389. The number of carbonyl (C=O) groups excluding carboxylic acids is 1. The van der Waals surface area contributed by atoms with Crippen molar-refractivity contribution >= 4 is 6.03 Å². The molecule has 0 aliphatic heterocycles. The molecule has 1 aromatic heterocycles. The quantitative estimate of drug-likeness (QED) is 0.719. The first-order valence-electron chi connectivity index (χ1n) is 8.25. The largest absolute Gasteiger partial charge is 0.392 e. The fraction of sp³-hybridized carbons (Fsp3) is 0.765. The highest BCUT2D eigenvalue weighted by atomic mass is 16.5. The summed E-state index contributed by atoms with van der Waals surface area (Å²) in [4.78, 5) is 12.2. The number of hydrogen-bond donors (Lipinski definition) is 3. The Morgan fingerprint density at radius 1 is 1.35 bits per heavy atom. The molecule has 0 saturated carbocycles. The second-order valence-electron chi connectivity index (χ2n) is 7.20. The van der Waals surface area contributed by atoms with E-state index in [0.29, 0.717) is 6.54 Å². The zero-order chi connectivity index (χ0) is 17.8. The van der Waals surface area contributed by atoms with Gasteiger partial charge in [-0.2, -0.15) is 0 Å². The Morgan fingerprint density at radius 3 is 2.39 bits per heavy atom. The molecule has 1 heterocycles. The van der Waals surface area contributed by atoms with Crippen molar-refractivity contribution in [1.82, 2.24) is 15.8 Å². The minimum absolute atomic E-state index is 0.139. The zero-order valence-electron chi connectivity index (χ0n) is 15.4. The van der Waals surface area contributed by atoms with E-state index in [-0.39, 0.29) is 18.0 Å². The van der Waals surface area contributed by atoms with Gasteiger partial charge in [-0.05, 0) is 26.2 Å². The molecule has 0 spiro atoms. The van der Waals surface area contributed by atoms with Gasteiger partial charge in [0.05, 0.1) is 17.8 Å². The third-order valence-corrected chi connectivity index (χ3v) is 4.29. The molecular weight excluding hydrogens is 294 g/mol. The lowest BCUT2D eigenvalue weighted by Crippen LogP contribution is -2.47. The summed E-state index contributed by atoms with van der Waals surface area (Å²) in [5.74, 6) is 0.866. The van der Waals surface area contributed by atoms with E-state index in [1.54, 1.807) is 0 Å². The van der Waals surface area contributed by atoms with E-state index in [1.807, 2.05) is 48.5 Å². The number of nitrogens with zero attached hydrogens (tertiary/aromatic N) is 1. The van der Waals surface area contributed by atoms with Crippen molar-refractivity contribution in [3.05, 3.63) is 17.0 Å². The number of aromatic nitrogens is 1. The molecule has 2 amide bonds. The molecule has 132 valence electrons. The lowest BCUT2D eigenvalue weighted by atomic mass is 9.81. The third kappa shape index (κ3) is 4.96. The molecule has 2 atom stereocenters. The van der Waals surface area contributed by atoms with E-state index in [2.05, 4.69) is 15.8 Å². The van der Waals surface area contributed by atoms with Crippen LogP contribution in [0.1, 0.15) is 64.1 Å². The summed E-state index contributed by atoms with van der Waals surface area (Å²) < 4.78 is 5.18. The maximum absolute atomic E-state index is 12.2. The monoisotopic (exact) mass is 325 g/mol. The molecule has 0 fully saturated rings. The summed E-state index contributed by atoms with van der Waals surface area (Å²) in [6.07, 6.45) is 0.265. The van der Waals surface area contributed by atoms with Crippen molar-refractivity contribution in [2.24, 2.45) is 11.3 Å². The minimum atomic E-state index is -0.479. The van der Waals surface area contributed by atoms with Crippen molar-refractivity contribution in [3.8, 4) is 0 Å². The van der Waals surface area contributed by atoms with Gasteiger partial charge in [0.2, 0.25) is 0 Å². The van der Waals surface area contributed by atoms with Crippen LogP contribution in [0.5, 0.6) is 0 Å². The van der Waals surface area contributed by atoms with Gasteiger partial charge < -0.3 is 20.3 Å². The van der Waals surface area contributed by atoms with Crippen molar-refractivity contribution in [3.63, 3.8) is 0 Å². The molecule has 2 unspecified atom stereocenters. The predicted octanol–water partition coefficient (Wildman–Crippen LogP) is 3.08. The Balaban J connectivity index is 2.65. The van der Waals surface area contributed by atoms with Crippen molar-refractivity contribution < 1.29 is 14.4 Å². The predicted molar refractivity (Wildman–Crippen MR) is 90.2 cm³/mol. The van der Waals surface area contributed by atoms with Crippen LogP contribution in [-0.4, -0.2) is 28.9 Å². The first-order chi connectivity index (χ1) is 10.6. The summed E-state index contributed by atoms with van der Waals surface area (Å²) in [5.41, 5.74) is 1.34. The van der Waals surface area contributed by atoms with Crippen LogP contribution >= 0.6 is 0 Å². The van der Waals surface area contributed by atoms with E-state index in [4.69, 9.17) is 4.52 Å². The van der Waals surface area contributed by atoms with E-state index in [9.17, 15) is 9.90 Å². The average Bonchev–Trinajstić information content (AvgIpc) is 2.81. The summed E-state index contributed by atoms with van der Waals surface area (Å²) in [7, 11) is 0. The van der Waals surface area contributed by atoms with Crippen LogP contribution < -0.4 is 10.6 Å².